The molecule has 0 unspecified atom stereocenters. The van der Waals surface area contributed by atoms with Gasteiger partial charge >= 0.3 is 0 Å². The van der Waals surface area contributed by atoms with E-state index in [9.17, 15) is 4.79 Å². The Kier molecular flexibility index (Phi) is 1.79. The van der Waals surface area contributed by atoms with Crippen molar-refractivity contribution >= 4 is 5.65 Å². The first-order valence-corrected chi connectivity index (χ1v) is 4.68. The van der Waals surface area contributed by atoms with Crippen LogP contribution in [0.15, 0.2) is 41.7 Å². The van der Waals surface area contributed by atoms with Gasteiger partial charge in [-0.3, -0.25) is 19.9 Å². The molecule has 16 heavy (non-hydrogen) atoms. The lowest BCUT2D eigenvalue weighted by atomic mass is 10.3. The van der Waals surface area contributed by atoms with Crippen LogP contribution >= 0.6 is 0 Å². The van der Waals surface area contributed by atoms with Gasteiger partial charge in [-0.2, -0.15) is 0 Å². The maximum Gasteiger partial charge on any atom is 0.273 e. The van der Waals surface area contributed by atoms with Crippen molar-refractivity contribution < 1.29 is 0 Å². The predicted molar refractivity (Wildman–Crippen MR) is 56.8 cm³/mol. The highest BCUT2D eigenvalue weighted by Crippen LogP contribution is 2.10. The van der Waals surface area contributed by atoms with Crippen LogP contribution in [0.5, 0.6) is 0 Å². The lowest BCUT2D eigenvalue weighted by Crippen LogP contribution is -2.14. The van der Waals surface area contributed by atoms with Crippen LogP contribution in [-0.2, 0) is 0 Å². The van der Waals surface area contributed by atoms with E-state index in [-0.39, 0.29) is 5.56 Å². The van der Waals surface area contributed by atoms with E-state index in [2.05, 4.69) is 20.1 Å². The Morgan fingerprint density at radius 3 is 3.00 bits per heavy atom. The molecule has 0 spiro atoms. The minimum absolute atomic E-state index is 0.171. The van der Waals surface area contributed by atoms with Gasteiger partial charge < -0.3 is 0 Å². The minimum atomic E-state index is -0.171. The molecule has 0 amide bonds. The quantitative estimate of drug-likeness (QED) is 0.637. The van der Waals surface area contributed by atoms with Crippen LogP contribution in [0.25, 0.3) is 17.0 Å². The average Bonchev–Trinajstić information content (AvgIpc) is 2.79. The lowest BCUT2D eigenvalue weighted by Gasteiger charge is -1.98. The van der Waals surface area contributed by atoms with Crippen LogP contribution in [0.4, 0.5) is 0 Å². The SMILES string of the molecule is O=c1cc(-c2cnccn2)nc2cc[nH]n12. The average molecular weight is 213 g/mol. The van der Waals surface area contributed by atoms with Crippen LogP contribution in [-0.4, -0.2) is 24.6 Å². The summed E-state index contributed by atoms with van der Waals surface area (Å²) in [5.74, 6) is 0. The second-order valence-corrected chi connectivity index (χ2v) is 3.23. The number of hydrogen-bond acceptors (Lipinski definition) is 4. The molecule has 0 fully saturated rings. The molecule has 0 aliphatic carbocycles. The molecule has 3 rings (SSSR count). The van der Waals surface area contributed by atoms with Crippen molar-refractivity contribution in [2.45, 2.75) is 0 Å². The van der Waals surface area contributed by atoms with Crippen molar-refractivity contribution in [1.82, 2.24) is 24.6 Å². The van der Waals surface area contributed by atoms with Crippen LogP contribution in [0, 0.1) is 0 Å². The molecule has 6 nitrogen and oxygen atoms in total. The van der Waals surface area contributed by atoms with Crippen LogP contribution in [0.1, 0.15) is 0 Å². The molecule has 3 aromatic heterocycles. The standard InChI is InChI=1S/C10H7N5O/c16-10-5-7(8-6-11-3-4-12-8)14-9-1-2-13-15(9)10/h1-6,13H. The van der Waals surface area contributed by atoms with Crippen molar-refractivity contribution in [2.24, 2.45) is 0 Å². The zero-order valence-corrected chi connectivity index (χ0v) is 8.16. The summed E-state index contributed by atoms with van der Waals surface area (Å²) >= 11 is 0. The fourth-order valence-corrected chi connectivity index (χ4v) is 1.49. The van der Waals surface area contributed by atoms with Crippen molar-refractivity contribution in [3.05, 3.63) is 47.3 Å². The smallest absolute Gasteiger partial charge is 0.273 e. The monoisotopic (exact) mass is 213 g/mol. The Bertz CT molecular complexity index is 685. The van der Waals surface area contributed by atoms with Gasteiger partial charge in [-0.1, -0.05) is 0 Å². The van der Waals surface area contributed by atoms with E-state index < -0.39 is 0 Å². The molecule has 3 heterocycles. The fraction of sp³-hybridized carbons (Fsp3) is 0. The summed E-state index contributed by atoms with van der Waals surface area (Å²) in [6, 6.07) is 3.15. The summed E-state index contributed by atoms with van der Waals surface area (Å²) in [6.07, 6.45) is 6.37. The third-order valence-corrected chi connectivity index (χ3v) is 2.21. The molecule has 0 radical (unpaired) electrons. The second kappa shape index (κ2) is 3.27. The number of aromatic nitrogens is 5. The molecule has 0 saturated carbocycles. The number of rotatable bonds is 1. The van der Waals surface area contributed by atoms with Gasteiger partial charge in [0.05, 0.1) is 11.9 Å². The van der Waals surface area contributed by atoms with Crippen molar-refractivity contribution in [1.29, 1.82) is 0 Å². The van der Waals surface area contributed by atoms with E-state index in [1.54, 1.807) is 30.9 Å². The summed E-state index contributed by atoms with van der Waals surface area (Å²) < 4.78 is 1.36. The number of nitrogens with zero attached hydrogens (tertiary/aromatic N) is 4. The zero-order chi connectivity index (χ0) is 11.0. The molecule has 0 atom stereocenters. The largest absolute Gasteiger partial charge is 0.297 e. The summed E-state index contributed by atoms with van der Waals surface area (Å²) in [7, 11) is 0. The number of H-pyrrole nitrogens is 1. The molecule has 0 aliphatic rings. The van der Waals surface area contributed by atoms with Gasteiger partial charge in [0.15, 0.2) is 5.65 Å². The molecule has 0 aromatic carbocycles. The molecule has 0 bridgehead atoms. The molecule has 0 saturated heterocycles. The Morgan fingerprint density at radius 1 is 1.25 bits per heavy atom. The molecular weight excluding hydrogens is 206 g/mol. The molecular formula is C10H7N5O. The maximum atomic E-state index is 11.7. The first-order chi connectivity index (χ1) is 7.84. The Morgan fingerprint density at radius 2 is 2.19 bits per heavy atom. The summed E-state index contributed by atoms with van der Waals surface area (Å²) in [5, 5.41) is 2.77. The Labute approximate surface area is 89.6 Å². The topological polar surface area (TPSA) is 75.9 Å². The van der Waals surface area contributed by atoms with E-state index in [1.165, 1.54) is 10.6 Å². The van der Waals surface area contributed by atoms with E-state index in [4.69, 9.17) is 0 Å². The number of fused-ring (bicyclic) bond motifs is 1. The van der Waals surface area contributed by atoms with Crippen molar-refractivity contribution in [3.8, 4) is 11.4 Å². The number of hydrogen-bond donors (Lipinski definition) is 1. The van der Waals surface area contributed by atoms with E-state index in [1.807, 2.05) is 0 Å². The van der Waals surface area contributed by atoms with Gasteiger partial charge in [0.2, 0.25) is 0 Å². The van der Waals surface area contributed by atoms with E-state index in [0.29, 0.717) is 17.0 Å². The minimum Gasteiger partial charge on any atom is -0.297 e. The molecule has 0 aliphatic heterocycles. The van der Waals surface area contributed by atoms with Crippen LogP contribution in [0.2, 0.25) is 0 Å². The second-order valence-electron chi connectivity index (χ2n) is 3.23. The Hall–Kier alpha value is -2.50. The van der Waals surface area contributed by atoms with Crippen molar-refractivity contribution in [2.75, 3.05) is 0 Å². The summed E-state index contributed by atoms with van der Waals surface area (Å²) in [6.45, 7) is 0. The van der Waals surface area contributed by atoms with E-state index >= 15 is 0 Å². The molecule has 78 valence electrons. The lowest BCUT2D eigenvalue weighted by molar-refractivity contribution is 0.899. The van der Waals surface area contributed by atoms with Gasteiger partial charge in [-0.05, 0) is 0 Å². The van der Waals surface area contributed by atoms with Gasteiger partial charge in [-0.15, -0.1) is 0 Å². The first kappa shape index (κ1) is 8.78. The highest BCUT2D eigenvalue weighted by molar-refractivity contribution is 5.55. The molecule has 3 aromatic rings. The number of nitrogens with one attached hydrogen (secondary N) is 1. The van der Waals surface area contributed by atoms with Crippen molar-refractivity contribution in [3.63, 3.8) is 0 Å². The van der Waals surface area contributed by atoms with Gasteiger partial charge in [0.1, 0.15) is 5.69 Å². The highest BCUT2D eigenvalue weighted by Gasteiger charge is 2.05. The third kappa shape index (κ3) is 1.28. The normalized spacial score (nSPS) is 10.8. The third-order valence-electron chi connectivity index (χ3n) is 2.21. The first-order valence-electron chi connectivity index (χ1n) is 4.68. The molecule has 6 heteroatoms. The zero-order valence-electron chi connectivity index (χ0n) is 8.16. The van der Waals surface area contributed by atoms with E-state index in [0.717, 1.165) is 0 Å². The number of aromatic amines is 1. The highest BCUT2D eigenvalue weighted by atomic mass is 16.1. The fourth-order valence-electron chi connectivity index (χ4n) is 1.49. The van der Waals surface area contributed by atoms with Crippen LogP contribution in [0.3, 0.4) is 0 Å². The molecule has 1 N–H and O–H groups in total. The van der Waals surface area contributed by atoms with Crippen LogP contribution < -0.4 is 5.56 Å². The maximum absolute atomic E-state index is 11.7. The summed E-state index contributed by atoms with van der Waals surface area (Å²) in [5.41, 5.74) is 1.50. The van der Waals surface area contributed by atoms with Gasteiger partial charge in [-0.25, -0.2) is 9.50 Å². The van der Waals surface area contributed by atoms with Gasteiger partial charge in [0.25, 0.3) is 5.56 Å². The Balaban J connectivity index is 2.30. The summed E-state index contributed by atoms with van der Waals surface area (Å²) in [4.78, 5) is 24.0. The predicted octanol–water partition coefficient (Wildman–Crippen LogP) is 0.480. The van der Waals surface area contributed by atoms with Gasteiger partial charge in [0, 0.05) is 30.7 Å².